The predicted octanol–water partition coefficient (Wildman–Crippen LogP) is 5.31. The van der Waals surface area contributed by atoms with Crippen LogP contribution in [0.2, 0.25) is 0 Å². The number of carbonyl (C=O) groups excluding carboxylic acids is 1. The number of anilines is 2. The Kier molecular flexibility index (Phi) is 8.36. The normalized spacial score (nSPS) is 23.7. The third-order valence-corrected chi connectivity index (χ3v) is 10.7. The molecule has 6 heterocycles. The number of carbonyl (C=O) groups is 1. The van der Waals surface area contributed by atoms with Crippen LogP contribution in [0, 0.1) is 5.92 Å². The fraction of sp³-hybridized carbons (Fsp3) is 0.529. The van der Waals surface area contributed by atoms with Gasteiger partial charge in [-0.15, -0.1) is 0 Å². The fourth-order valence-corrected chi connectivity index (χ4v) is 7.89. The van der Waals surface area contributed by atoms with E-state index in [1.807, 2.05) is 6.07 Å². The van der Waals surface area contributed by atoms with Crippen LogP contribution in [-0.4, -0.2) is 54.5 Å². The summed E-state index contributed by atoms with van der Waals surface area (Å²) in [4.78, 5) is 30.5. The van der Waals surface area contributed by atoms with E-state index in [4.69, 9.17) is 9.97 Å². The zero-order valence-corrected chi connectivity index (χ0v) is 27.7. The lowest BCUT2D eigenvalue weighted by Gasteiger charge is -2.34. The molecule has 3 aliphatic rings. The number of piperidine rings is 1. The second kappa shape index (κ2) is 12.0. The van der Waals surface area contributed by atoms with E-state index >= 15 is 0 Å². The Morgan fingerprint density at radius 3 is 2.38 bits per heavy atom. The lowest BCUT2D eigenvalue weighted by atomic mass is 9.90. The van der Waals surface area contributed by atoms with Crippen LogP contribution in [0.1, 0.15) is 106 Å². The van der Waals surface area contributed by atoms with Gasteiger partial charge >= 0.3 is 0 Å². The molecule has 0 aromatic carbocycles. The summed E-state index contributed by atoms with van der Waals surface area (Å²) in [5.41, 5.74) is 2.56. The Bertz CT molecular complexity index is 1680. The van der Waals surface area contributed by atoms with E-state index in [1.54, 1.807) is 18.2 Å². The maximum atomic E-state index is 13.7. The Hall–Kier alpha value is -3.57. The molecular formula is C34H45N7O3S. The molecule has 3 aromatic rings. The summed E-state index contributed by atoms with van der Waals surface area (Å²) in [6, 6.07) is 14.4. The third-order valence-electron chi connectivity index (χ3n) is 9.42. The van der Waals surface area contributed by atoms with Gasteiger partial charge < -0.3 is 15.5 Å². The van der Waals surface area contributed by atoms with Gasteiger partial charge in [0.1, 0.15) is 11.6 Å². The molecule has 6 rings (SSSR count). The topological polar surface area (TPSA) is 129 Å². The monoisotopic (exact) mass is 631 g/mol. The standard InChI is InChI=1S/C34H45N7O3S/c1-33(2,3)28-15-13-24-31(38-28)41-21-22(20-34(41,4)5)12-14-27(26-9-6-8-25(36-26)23-16-18-35-19-17-23)37-29-10-7-11-30(39-29)45(43,44)40-32(24)42/h6-11,13,15,22-23,27,35H,12,14,16-21H2,1-5H3,(H,37,39)(H,40,42)/t22-,27+/m0/s1. The number of hydrogen-bond acceptors (Lipinski definition) is 9. The molecular weight excluding hydrogens is 586 g/mol. The number of hydrogen-bond donors (Lipinski definition) is 3. The summed E-state index contributed by atoms with van der Waals surface area (Å²) < 4.78 is 29.3. The first-order valence-electron chi connectivity index (χ1n) is 16.1. The molecule has 2 atom stereocenters. The van der Waals surface area contributed by atoms with Gasteiger partial charge in [-0.25, -0.2) is 14.7 Å². The molecule has 2 saturated heterocycles. The molecule has 0 radical (unpaired) electrons. The number of nitrogens with one attached hydrogen (secondary N) is 3. The highest BCUT2D eigenvalue weighted by molar-refractivity contribution is 7.90. The highest BCUT2D eigenvalue weighted by atomic mass is 32.2. The summed E-state index contributed by atoms with van der Waals surface area (Å²) in [5.74, 6) is 0.971. The maximum Gasteiger partial charge on any atom is 0.281 e. The van der Waals surface area contributed by atoms with Crippen molar-refractivity contribution in [3.05, 3.63) is 71.2 Å². The van der Waals surface area contributed by atoms with Crippen molar-refractivity contribution in [2.24, 2.45) is 5.92 Å². The van der Waals surface area contributed by atoms with Crippen LogP contribution in [0.3, 0.4) is 0 Å². The number of pyridine rings is 3. The number of sulfonamides is 1. The van der Waals surface area contributed by atoms with E-state index in [0.29, 0.717) is 30.0 Å². The Labute approximate surface area is 266 Å². The molecule has 2 fully saturated rings. The Balaban J connectivity index is 1.42. The van der Waals surface area contributed by atoms with Crippen molar-refractivity contribution in [2.45, 2.75) is 94.7 Å². The Morgan fingerprint density at radius 1 is 0.889 bits per heavy atom. The van der Waals surface area contributed by atoms with Crippen LogP contribution in [-0.2, 0) is 15.4 Å². The summed E-state index contributed by atoms with van der Waals surface area (Å²) in [7, 11) is -4.27. The van der Waals surface area contributed by atoms with Gasteiger partial charge in [-0.05, 0) is 101 Å². The van der Waals surface area contributed by atoms with Crippen molar-refractivity contribution in [1.82, 2.24) is 25.0 Å². The number of amides is 1. The van der Waals surface area contributed by atoms with Crippen molar-refractivity contribution in [3.63, 3.8) is 0 Å². The Morgan fingerprint density at radius 2 is 1.62 bits per heavy atom. The van der Waals surface area contributed by atoms with Gasteiger partial charge in [0.2, 0.25) is 0 Å². The van der Waals surface area contributed by atoms with Crippen LogP contribution >= 0.6 is 0 Å². The van der Waals surface area contributed by atoms with Gasteiger partial charge in [0.15, 0.2) is 5.03 Å². The van der Waals surface area contributed by atoms with Crippen LogP contribution in [0.25, 0.3) is 0 Å². The summed E-state index contributed by atoms with van der Waals surface area (Å²) in [6.07, 6.45) is 4.73. The van der Waals surface area contributed by atoms with Crippen LogP contribution in [0.15, 0.2) is 53.6 Å². The fourth-order valence-electron chi connectivity index (χ4n) is 6.96. The smallest absolute Gasteiger partial charge is 0.281 e. The van der Waals surface area contributed by atoms with E-state index in [2.05, 4.69) is 78.1 Å². The average molecular weight is 632 g/mol. The second-order valence-electron chi connectivity index (χ2n) is 14.4. The van der Waals surface area contributed by atoms with Gasteiger partial charge in [0.25, 0.3) is 15.9 Å². The molecule has 0 aliphatic carbocycles. The lowest BCUT2D eigenvalue weighted by Crippen LogP contribution is -2.41. The lowest BCUT2D eigenvalue weighted by molar-refractivity contribution is 0.0981. The molecule has 240 valence electrons. The first kappa shape index (κ1) is 31.4. The number of rotatable bonds is 2. The van der Waals surface area contributed by atoms with Gasteiger partial charge in [0, 0.05) is 34.8 Å². The van der Waals surface area contributed by atoms with E-state index in [-0.39, 0.29) is 27.6 Å². The van der Waals surface area contributed by atoms with Crippen molar-refractivity contribution < 1.29 is 13.2 Å². The van der Waals surface area contributed by atoms with Gasteiger partial charge in [-0.2, -0.15) is 8.42 Å². The molecule has 10 nitrogen and oxygen atoms in total. The van der Waals surface area contributed by atoms with Gasteiger partial charge in [-0.3, -0.25) is 9.78 Å². The number of aromatic nitrogens is 3. The summed E-state index contributed by atoms with van der Waals surface area (Å²) in [6.45, 7) is 13.3. The average Bonchev–Trinajstić information content (AvgIpc) is 3.32. The third kappa shape index (κ3) is 6.70. The zero-order valence-electron chi connectivity index (χ0n) is 26.9. The van der Waals surface area contributed by atoms with Crippen LogP contribution < -0.4 is 20.3 Å². The second-order valence-corrected chi connectivity index (χ2v) is 16.0. The number of nitrogens with zero attached hydrogens (tertiary/aromatic N) is 4. The highest BCUT2D eigenvalue weighted by Crippen LogP contribution is 2.41. The molecule has 3 aromatic heterocycles. The molecule has 3 aliphatic heterocycles. The van der Waals surface area contributed by atoms with Gasteiger partial charge in [0.05, 0.1) is 17.3 Å². The van der Waals surface area contributed by atoms with Crippen molar-refractivity contribution in [2.75, 3.05) is 29.9 Å². The molecule has 0 saturated carbocycles. The molecule has 0 spiro atoms. The minimum Gasteiger partial charge on any atom is -0.362 e. The van der Waals surface area contributed by atoms with Crippen molar-refractivity contribution >= 4 is 27.6 Å². The van der Waals surface area contributed by atoms with E-state index < -0.39 is 15.9 Å². The quantitative estimate of drug-likeness (QED) is 0.345. The minimum absolute atomic E-state index is 0.174. The van der Waals surface area contributed by atoms with Crippen molar-refractivity contribution in [3.8, 4) is 0 Å². The molecule has 11 heteroatoms. The van der Waals surface area contributed by atoms with E-state index in [0.717, 1.165) is 62.3 Å². The van der Waals surface area contributed by atoms with Crippen LogP contribution in [0.5, 0.6) is 0 Å². The predicted molar refractivity (Wildman–Crippen MR) is 176 cm³/mol. The van der Waals surface area contributed by atoms with Gasteiger partial charge in [-0.1, -0.05) is 32.9 Å². The number of fused-ring (bicyclic) bond motifs is 6. The van der Waals surface area contributed by atoms with Crippen molar-refractivity contribution in [1.29, 1.82) is 0 Å². The van der Waals surface area contributed by atoms with E-state index in [1.165, 1.54) is 6.07 Å². The van der Waals surface area contributed by atoms with E-state index in [9.17, 15) is 13.2 Å². The molecule has 1 amide bonds. The molecule has 0 unspecified atom stereocenters. The molecule has 4 bridgehead atoms. The highest BCUT2D eigenvalue weighted by Gasteiger charge is 2.41. The summed E-state index contributed by atoms with van der Waals surface area (Å²) >= 11 is 0. The molecule has 45 heavy (non-hydrogen) atoms. The first-order chi connectivity index (χ1) is 21.3. The maximum absolute atomic E-state index is 13.7. The minimum atomic E-state index is -4.27. The largest absolute Gasteiger partial charge is 0.362 e. The van der Waals surface area contributed by atoms with Crippen LogP contribution in [0.4, 0.5) is 11.6 Å². The zero-order chi connectivity index (χ0) is 32.0. The summed E-state index contributed by atoms with van der Waals surface area (Å²) in [5, 5.41) is 6.72. The first-order valence-corrected chi connectivity index (χ1v) is 17.6. The SMILES string of the molecule is CC(C)(C)c1ccc2c(n1)N1C[C@@H](CC[C@H](c3cccc(C4CCNCC4)n3)Nc3cccc(n3)S(=O)(=O)NC2=O)CC1(C)C. The molecule has 3 N–H and O–H groups in total.